The van der Waals surface area contributed by atoms with Crippen molar-refractivity contribution in [3.05, 3.63) is 12.2 Å². The summed E-state index contributed by atoms with van der Waals surface area (Å²) >= 11 is 0. The van der Waals surface area contributed by atoms with E-state index >= 15 is 0 Å². The fraction of sp³-hybridized carbons (Fsp3) is 0.727. The van der Waals surface area contributed by atoms with Crippen LogP contribution in [0.3, 0.4) is 0 Å². The van der Waals surface area contributed by atoms with Crippen molar-refractivity contribution in [2.24, 2.45) is 5.73 Å². The Labute approximate surface area is 87.2 Å². The summed E-state index contributed by atoms with van der Waals surface area (Å²) in [5, 5.41) is 0. The molecule has 0 aliphatic heterocycles. The van der Waals surface area contributed by atoms with E-state index in [1.54, 1.807) is 6.92 Å². The van der Waals surface area contributed by atoms with Gasteiger partial charge in [-0.05, 0) is 26.0 Å². The molecule has 82 valence electrons. The molecule has 0 aromatic rings. The minimum absolute atomic E-state index is 0.0287. The van der Waals surface area contributed by atoms with Crippen LogP contribution in [0.5, 0.6) is 0 Å². The molecule has 0 aromatic heterocycles. The van der Waals surface area contributed by atoms with Crippen LogP contribution in [0.25, 0.3) is 0 Å². The maximum atomic E-state index is 11.7. The van der Waals surface area contributed by atoms with Crippen molar-refractivity contribution in [2.75, 3.05) is 27.2 Å². The van der Waals surface area contributed by atoms with Gasteiger partial charge in [0.05, 0.1) is 20.6 Å². The maximum Gasteiger partial charge on any atom is 0.214 e. The van der Waals surface area contributed by atoms with Crippen LogP contribution in [0.2, 0.25) is 0 Å². The highest BCUT2D eigenvalue weighted by Gasteiger charge is 2.29. The average molecular weight is 199 g/mol. The largest absolute Gasteiger partial charge is 0.330 e. The molecule has 0 spiro atoms. The molecule has 0 bridgehead atoms. The van der Waals surface area contributed by atoms with Crippen LogP contribution in [0.4, 0.5) is 0 Å². The summed E-state index contributed by atoms with van der Waals surface area (Å²) in [6.45, 7) is 9.01. The number of carbonyl (C=O) groups excluding carboxylic acids is 1. The fourth-order valence-corrected chi connectivity index (χ4v) is 1.37. The summed E-state index contributed by atoms with van der Waals surface area (Å²) in [5.74, 6) is 0.145. The van der Waals surface area contributed by atoms with Crippen LogP contribution >= 0.6 is 0 Å². The molecule has 0 aromatic carbocycles. The number of Topliss-reactive ketones (excluding diaryl/α,β-unsaturated/α-hetero) is 1. The van der Waals surface area contributed by atoms with Crippen molar-refractivity contribution in [1.29, 1.82) is 0 Å². The Morgan fingerprint density at radius 2 is 2.00 bits per heavy atom. The first-order valence-corrected chi connectivity index (χ1v) is 5.05. The molecular weight excluding hydrogens is 176 g/mol. The van der Waals surface area contributed by atoms with Gasteiger partial charge in [0.15, 0.2) is 0 Å². The van der Waals surface area contributed by atoms with Gasteiger partial charge in [-0.1, -0.05) is 6.58 Å². The molecule has 0 saturated heterocycles. The third-order valence-corrected chi connectivity index (χ3v) is 2.79. The number of nitrogens with two attached hydrogens (primary N) is 1. The highest BCUT2D eigenvalue weighted by atomic mass is 16.1. The minimum Gasteiger partial charge on any atom is -0.330 e. The lowest BCUT2D eigenvalue weighted by molar-refractivity contribution is -0.903. The average Bonchev–Trinajstić information content (AvgIpc) is 2.12. The number of hydrogen-bond donors (Lipinski definition) is 1. The predicted molar refractivity (Wildman–Crippen MR) is 59.9 cm³/mol. The first kappa shape index (κ1) is 13.3. The van der Waals surface area contributed by atoms with Gasteiger partial charge in [0.2, 0.25) is 5.78 Å². The van der Waals surface area contributed by atoms with Crippen LogP contribution in [0.15, 0.2) is 12.2 Å². The van der Waals surface area contributed by atoms with Crippen molar-refractivity contribution >= 4 is 5.78 Å². The monoisotopic (exact) mass is 199 g/mol. The second-order valence-corrected chi connectivity index (χ2v) is 4.47. The molecule has 0 heterocycles. The van der Waals surface area contributed by atoms with E-state index in [4.69, 9.17) is 5.73 Å². The molecule has 0 amide bonds. The molecule has 0 aliphatic rings. The molecule has 14 heavy (non-hydrogen) atoms. The van der Waals surface area contributed by atoms with Gasteiger partial charge in [-0.15, -0.1) is 0 Å². The molecule has 1 atom stereocenters. The zero-order valence-corrected chi connectivity index (χ0v) is 9.84. The van der Waals surface area contributed by atoms with E-state index in [0.29, 0.717) is 16.6 Å². The van der Waals surface area contributed by atoms with Gasteiger partial charge in [0.1, 0.15) is 6.04 Å². The van der Waals surface area contributed by atoms with Gasteiger partial charge >= 0.3 is 0 Å². The number of quaternary nitrogens is 1. The van der Waals surface area contributed by atoms with Gasteiger partial charge in [-0.25, -0.2) is 0 Å². The number of hydrogen-bond acceptors (Lipinski definition) is 2. The molecule has 0 aliphatic carbocycles. The van der Waals surface area contributed by atoms with E-state index in [0.717, 1.165) is 13.0 Å². The molecule has 3 nitrogen and oxygen atoms in total. The quantitative estimate of drug-likeness (QED) is 0.511. The zero-order chi connectivity index (χ0) is 11.4. The lowest BCUT2D eigenvalue weighted by Crippen LogP contribution is -2.52. The van der Waals surface area contributed by atoms with Crippen molar-refractivity contribution in [2.45, 2.75) is 26.3 Å². The molecule has 0 rings (SSSR count). The van der Waals surface area contributed by atoms with Crippen LogP contribution < -0.4 is 5.73 Å². The van der Waals surface area contributed by atoms with Crippen LogP contribution in [-0.2, 0) is 4.79 Å². The topological polar surface area (TPSA) is 43.1 Å². The third-order valence-electron chi connectivity index (χ3n) is 2.79. The second kappa shape index (κ2) is 5.27. The normalized spacial score (nSPS) is 13.8. The van der Waals surface area contributed by atoms with Crippen LogP contribution in [-0.4, -0.2) is 43.5 Å². The van der Waals surface area contributed by atoms with E-state index in [9.17, 15) is 4.79 Å². The highest BCUT2D eigenvalue weighted by Crippen LogP contribution is 2.11. The van der Waals surface area contributed by atoms with Gasteiger partial charge in [0.25, 0.3) is 0 Å². The predicted octanol–water partition coefficient (Wildman–Crippen LogP) is 0.945. The summed E-state index contributed by atoms with van der Waals surface area (Å²) in [6, 6.07) is -0.0287. The van der Waals surface area contributed by atoms with E-state index in [2.05, 4.69) is 20.7 Å². The highest BCUT2D eigenvalue weighted by molar-refractivity contribution is 5.97. The SMILES string of the molecule is C=C(C)C(=O)C(C)[N+](C)(C)CCCN. The first-order chi connectivity index (χ1) is 6.33. The van der Waals surface area contributed by atoms with Gasteiger partial charge in [-0.3, -0.25) is 4.79 Å². The Bertz CT molecular complexity index is 221. The lowest BCUT2D eigenvalue weighted by atomic mass is 10.1. The molecule has 1 unspecified atom stereocenters. The zero-order valence-electron chi connectivity index (χ0n) is 9.84. The van der Waals surface area contributed by atoms with Gasteiger partial charge in [-0.2, -0.15) is 0 Å². The molecule has 3 heteroatoms. The molecule has 0 fully saturated rings. The Morgan fingerprint density at radius 3 is 2.36 bits per heavy atom. The molecular formula is C11H23N2O+. The smallest absolute Gasteiger partial charge is 0.214 e. The van der Waals surface area contributed by atoms with Gasteiger partial charge < -0.3 is 10.2 Å². The summed E-state index contributed by atoms with van der Waals surface area (Å²) in [5.41, 5.74) is 6.09. The number of rotatable bonds is 6. The summed E-state index contributed by atoms with van der Waals surface area (Å²) < 4.78 is 0.683. The van der Waals surface area contributed by atoms with Gasteiger partial charge in [0, 0.05) is 6.42 Å². The minimum atomic E-state index is -0.0287. The fourth-order valence-electron chi connectivity index (χ4n) is 1.37. The van der Waals surface area contributed by atoms with E-state index < -0.39 is 0 Å². The summed E-state index contributed by atoms with van der Waals surface area (Å²) in [7, 11) is 4.11. The first-order valence-electron chi connectivity index (χ1n) is 5.05. The Hall–Kier alpha value is -0.670. The summed E-state index contributed by atoms with van der Waals surface area (Å²) in [4.78, 5) is 11.7. The number of ketones is 1. The number of carbonyl (C=O) groups is 1. The second-order valence-electron chi connectivity index (χ2n) is 4.47. The Balaban J connectivity index is 4.40. The van der Waals surface area contributed by atoms with E-state index in [-0.39, 0.29) is 11.8 Å². The van der Waals surface area contributed by atoms with Crippen molar-refractivity contribution in [1.82, 2.24) is 0 Å². The standard InChI is InChI=1S/C11H23N2O/c1-9(2)11(14)10(3)13(4,5)8-6-7-12/h10H,1,6-8,12H2,2-5H3/q+1. The third kappa shape index (κ3) is 3.60. The maximum absolute atomic E-state index is 11.7. The Morgan fingerprint density at radius 1 is 1.50 bits per heavy atom. The lowest BCUT2D eigenvalue weighted by Gasteiger charge is -2.35. The molecule has 2 N–H and O–H groups in total. The van der Waals surface area contributed by atoms with E-state index in [1.165, 1.54) is 0 Å². The van der Waals surface area contributed by atoms with Crippen molar-refractivity contribution in [3.8, 4) is 0 Å². The molecule has 0 radical (unpaired) electrons. The van der Waals surface area contributed by atoms with Crippen molar-refractivity contribution in [3.63, 3.8) is 0 Å². The van der Waals surface area contributed by atoms with Crippen LogP contribution in [0.1, 0.15) is 20.3 Å². The Kier molecular flexibility index (Phi) is 5.02. The molecule has 0 saturated carbocycles. The summed E-state index contributed by atoms with van der Waals surface area (Å²) in [6.07, 6.45) is 0.945. The van der Waals surface area contributed by atoms with E-state index in [1.807, 2.05) is 6.92 Å². The number of nitrogens with zero attached hydrogens (tertiary/aromatic N) is 1. The van der Waals surface area contributed by atoms with Crippen LogP contribution in [0, 0.1) is 0 Å². The number of likely N-dealkylation sites (N-methyl/N-ethyl adjacent to an activating group) is 1. The van der Waals surface area contributed by atoms with Crippen molar-refractivity contribution < 1.29 is 9.28 Å².